The molecule has 0 fully saturated rings. The fraction of sp³-hybridized carbons (Fsp3) is 0.444. The molecule has 0 saturated carbocycles. The van der Waals surface area contributed by atoms with Gasteiger partial charge in [0.1, 0.15) is 0 Å². The lowest BCUT2D eigenvalue weighted by molar-refractivity contribution is -0.118. The summed E-state index contributed by atoms with van der Waals surface area (Å²) in [7, 11) is 0. The molecule has 10 heteroatoms. The number of carbonyl (C=O) groups excluding carboxylic acids is 2. The van der Waals surface area contributed by atoms with Crippen LogP contribution in [-0.4, -0.2) is 33.5 Å². The van der Waals surface area contributed by atoms with Crippen LogP contribution in [0.1, 0.15) is 39.5 Å². The maximum Gasteiger partial charge on any atom is 0.235 e. The Morgan fingerprint density at radius 3 is 2.36 bits per heavy atom. The summed E-state index contributed by atoms with van der Waals surface area (Å²) in [6, 6.07) is 7.08. The van der Waals surface area contributed by atoms with Crippen molar-refractivity contribution in [3.63, 3.8) is 0 Å². The molecule has 0 saturated heterocycles. The van der Waals surface area contributed by atoms with Crippen molar-refractivity contribution in [1.29, 1.82) is 0 Å². The van der Waals surface area contributed by atoms with Crippen molar-refractivity contribution in [1.82, 2.24) is 15.6 Å². The quantitative estimate of drug-likeness (QED) is 0.256. The Hall–Kier alpha value is -1.78. The van der Waals surface area contributed by atoms with Crippen LogP contribution in [0.25, 0.3) is 0 Å². The van der Waals surface area contributed by atoms with Gasteiger partial charge in [0.05, 0.1) is 11.4 Å². The average molecular weight is 440 g/mol. The highest BCUT2D eigenvalue weighted by molar-refractivity contribution is 8.03. The van der Waals surface area contributed by atoms with Gasteiger partial charge in [-0.15, -0.1) is 10.2 Å². The van der Waals surface area contributed by atoms with Crippen molar-refractivity contribution in [2.75, 3.05) is 22.2 Å². The lowest BCUT2D eigenvalue weighted by Crippen LogP contribution is -2.26. The summed E-state index contributed by atoms with van der Waals surface area (Å²) in [6.07, 6.45) is 4.97. The van der Waals surface area contributed by atoms with E-state index in [1.54, 1.807) is 36.0 Å². The predicted molar refractivity (Wildman–Crippen MR) is 118 cm³/mol. The van der Waals surface area contributed by atoms with Crippen LogP contribution >= 0.6 is 34.9 Å². The third-order valence-electron chi connectivity index (χ3n) is 3.49. The van der Waals surface area contributed by atoms with E-state index in [0.717, 1.165) is 20.1 Å². The number of nitrogens with zero attached hydrogens (tertiary/aromatic N) is 2. The van der Waals surface area contributed by atoms with Gasteiger partial charge in [-0.25, -0.2) is 0 Å². The second-order valence-corrected chi connectivity index (χ2v) is 9.51. The zero-order chi connectivity index (χ0) is 20.2. The number of aromatic nitrogens is 2. The Balaban J connectivity index is 1.68. The van der Waals surface area contributed by atoms with Crippen LogP contribution in [0.3, 0.4) is 0 Å². The molecule has 2 rings (SSSR count). The highest BCUT2D eigenvalue weighted by atomic mass is 32.2. The Labute approximate surface area is 177 Å². The summed E-state index contributed by atoms with van der Waals surface area (Å²) in [6.45, 7) is 3.63. The van der Waals surface area contributed by atoms with Crippen LogP contribution in [-0.2, 0) is 9.59 Å². The third-order valence-corrected chi connectivity index (χ3v) is 6.77. The van der Waals surface area contributed by atoms with Crippen LogP contribution in [0.2, 0.25) is 0 Å². The third kappa shape index (κ3) is 8.94. The molecule has 0 bridgehead atoms. The van der Waals surface area contributed by atoms with E-state index in [9.17, 15) is 9.59 Å². The zero-order valence-corrected chi connectivity index (χ0v) is 18.4. The zero-order valence-electron chi connectivity index (χ0n) is 16.0. The lowest BCUT2D eigenvalue weighted by Gasteiger charge is -2.08. The molecule has 1 heterocycles. The summed E-state index contributed by atoms with van der Waals surface area (Å²) in [5, 5.41) is 11.2. The molecule has 152 valence electrons. The number of nitrogens with one attached hydrogen (secondary N) is 3. The molecule has 1 aromatic carbocycles. The molecule has 0 unspecified atom stereocenters. The van der Waals surface area contributed by atoms with E-state index in [0.29, 0.717) is 5.69 Å². The van der Waals surface area contributed by atoms with E-state index in [1.165, 1.54) is 55.7 Å². The fourth-order valence-electron chi connectivity index (χ4n) is 2.12. The van der Waals surface area contributed by atoms with Gasteiger partial charge in [-0.2, -0.15) is 0 Å². The normalized spacial score (nSPS) is 10.5. The smallest absolute Gasteiger partial charge is 0.235 e. The fourth-order valence-corrected chi connectivity index (χ4v) is 5.01. The molecule has 28 heavy (non-hydrogen) atoms. The summed E-state index contributed by atoms with van der Waals surface area (Å²) >= 11 is 4.66. The Bertz CT molecular complexity index is 752. The summed E-state index contributed by atoms with van der Waals surface area (Å²) in [5.74, 6) is 1.06. The van der Waals surface area contributed by atoms with Crippen molar-refractivity contribution in [2.45, 2.75) is 48.2 Å². The highest BCUT2D eigenvalue weighted by Gasteiger charge is 2.09. The van der Waals surface area contributed by atoms with Gasteiger partial charge in [-0.3, -0.25) is 20.4 Å². The first-order chi connectivity index (χ1) is 13.6. The molecule has 2 aromatic rings. The SMILES string of the molecule is CCCCCCSc1nnc(SCC(=O)Nc2ccc(NNC(C)=O)cc2)s1. The van der Waals surface area contributed by atoms with Gasteiger partial charge in [0, 0.05) is 18.4 Å². The van der Waals surface area contributed by atoms with Gasteiger partial charge in [-0.1, -0.05) is 61.0 Å². The number of hydrazine groups is 1. The first-order valence-corrected chi connectivity index (χ1v) is 11.9. The van der Waals surface area contributed by atoms with E-state index in [-0.39, 0.29) is 17.6 Å². The topological polar surface area (TPSA) is 96.0 Å². The van der Waals surface area contributed by atoms with E-state index < -0.39 is 0 Å². The van der Waals surface area contributed by atoms with Crippen LogP contribution in [0.5, 0.6) is 0 Å². The number of thioether (sulfide) groups is 2. The molecule has 2 amide bonds. The number of anilines is 2. The first kappa shape index (κ1) is 22.5. The highest BCUT2D eigenvalue weighted by Crippen LogP contribution is 2.29. The van der Waals surface area contributed by atoms with E-state index in [4.69, 9.17) is 0 Å². The Morgan fingerprint density at radius 2 is 1.68 bits per heavy atom. The maximum absolute atomic E-state index is 12.1. The number of rotatable bonds is 12. The molecule has 0 spiro atoms. The number of benzene rings is 1. The molecule has 0 aliphatic carbocycles. The summed E-state index contributed by atoms with van der Waals surface area (Å²) < 4.78 is 1.77. The second-order valence-electron chi connectivity index (χ2n) is 5.96. The minimum atomic E-state index is -0.177. The van der Waals surface area contributed by atoms with Crippen LogP contribution in [0.15, 0.2) is 32.9 Å². The Morgan fingerprint density at radius 1 is 1.00 bits per heavy atom. The molecular weight excluding hydrogens is 414 g/mol. The number of unbranched alkanes of at least 4 members (excludes halogenated alkanes) is 3. The number of hydrogen-bond acceptors (Lipinski definition) is 8. The van der Waals surface area contributed by atoms with Crippen LogP contribution in [0.4, 0.5) is 11.4 Å². The van der Waals surface area contributed by atoms with Crippen LogP contribution in [0, 0.1) is 0 Å². The average Bonchev–Trinajstić information content (AvgIpc) is 3.13. The monoisotopic (exact) mass is 439 g/mol. The van der Waals surface area contributed by atoms with Gasteiger partial charge < -0.3 is 5.32 Å². The number of carbonyl (C=O) groups is 2. The predicted octanol–water partition coefficient (Wildman–Crippen LogP) is 4.40. The van der Waals surface area contributed by atoms with E-state index in [2.05, 4.69) is 33.3 Å². The van der Waals surface area contributed by atoms with Gasteiger partial charge in [-0.05, 0) is 30.7 Å². The standard InChI is InChI=1S/C18H25N5O2S3/c1-3-4-5-6-11-26-17-22-23-18(28-17)27-12-16(25)19-14-7-9-15(10-8-14)21-20-13(2)24/h7-10,21H,3-6,11-12H2,1-2H3,(H,19,25)(H,20,24). The van der Waals surface area contributed by atoms with Crippen molar-refractivity contribution < 1.29 is 9.59 Å². The molecule has 0 radical (unpaired) electrons. The van der Waals surface area contributed by atoms with E-state index in [1.807, 2.05) is 0 Å². The maximum atomic E-state index is 12.1. The molecule has 1 aromatic heterocycles. The minimum absolute atomic E-state index is 0.100. The molecule has 0 aliphatic heterocycles. The Kier molecular flexibility index (Phi) is 10.2. The van der Waals surface area contributed by atoms with Gasteiger partial charge in [0.2, 0.25) is 11.8 Å². The molecule has 7 nitrogen and oxygen atoms in total. The van der Waals surface area contributed by atoms with E-state index >= 15 is 0 Å². The first-order valence-electron chi connectivity index (χ1n) is 9.08. The molecule has 0 atom stereocenters. The largest absolute Gasteiger partial charge is 0.325 e. The molecule has 0 aliphatic rings. The second kappa shape index (κ2) is 12.6. The molecular formula is C18H25N5O2S3. The van der Waals surface area contributed by atoms with Crippen molar-refractivity contribution in [3.05, 3.63) is 24.3 Å². The van der Waals surface area contributed by atoms with Crippen molar-refractivity contribution in [3.8, 4) is 0 Å². The van der Waals surface area contributed by atoms with Gasteiger partial charge >= 0.3 is 0 Å². The molecule has 3 N–H and O–H groups in total. The van der Waals surface area contributed by atoms with Gasteiger partial charge in [0.25, 0.3) is 0 Å². The number of amides is 2. The van der Waals surface area contributed by atoms with Crippen molar-refractivity contribution >= 4 is 58.0 Å². The minimum Gasteiger partial charge on any atom is -0.325 e. The summed E-state index contributed by atoms with van der Waals surface area (Å²) in [5.41, 5.74) is 6.68. The van der Waals surface area contributed by atoms with Crippen LogP contribution < -0.4 is 16.2 Å². The summed E-state index contributed by atoms with van der Waals surface area (Å²) in [4.78, 5) is 23.0. The lowest BCUT2D eigenvalue weighted by atomic mass is 10.2. The van der Waals surface area contributed by atoms with Gasteiger partial charge in [0.15, 0.2) is 8.68 Å². The van der Waals surface area contributed by atoms with Crippen molar-refractivity contribution in [2.24, 2.45) is 0 Å². The number of hydrogen-bond donors (Lipinski definition) is 3.